The van der Waals surface area contributed by atoms with Gasteiger partial charge in [-0.25, -0.2) is 4.68 Å². The predicted molar refractivity (Wildman–Crippen MR) is 106 cm³/mol. The molecule has 0 bridgehead atoms. The summed E-state index contributed by atoms with van der Waals surface area (Å²) in [4.78, 5) is 13.4. The smallest absolute Gasteiger partial charge is 0.392 e. The van der Waals surface area contributed by atoms with E-state index >= 15 is 0 Å². The van der Waals surface area contributed by atoms with Crippen molar-refractivity contribution in [2.75, 3.05) is 13.2 Å². The van der Waals surface area contributed by atoms with E-state index in [-0.39, 0.29) is 23.9 Å². The van der Waals surface area contributed by atoms with Gasteiger partial charge in [0.1, 0.15) is 17.0 Å². The molecule has 2 aliphatic heterocycles. The van der Waals surface area contributed by atoms with Gasteiger partial charge in [0, 0.05) is 29.6 Å². The van der Waals surface area contributed by atoms with Crippen LogP contribution in [-0.2, 0) is 47.4 Å². The number of aliphatic hydroxyl groups excluding tert-OH is 1. The second-order valence-electron chi connectivity index (χ2n) is 8.35. The molecule has 1 fully saturated rings. The predicted octanol–water partition coefficient (Wildman–Crippen LogP) is 2.89. The van der Waals surface area contributed by atoms with Crippen molar-refractivity contribution in [1.82, 2.24) is 19.9 Å². The maximum absolute atomic E-state index is 13.6. The Bertz CT molecular complexity index is 974. The summed E-state index contributed by atoms with van der Waals surface area (Å²) in [6, 6.07) is 0.0478. The quantitative estimate of drug-likeness (QED) is 0.742. The van der Waals surface area contributed by atoms with Gasteiger partial charge >= 0.3 is 6.18 Å². The number of ketones is 1. The molecule has 1 saturated heterocycles. The maximum atomic E-state index is 13.6. The van der Waals surface area contributed by atoms with Crippen LogP contribution in [0.1, 0.15) is 53.3 Å². The molecule has 11 heteroatoms. The van der Waals surface area contributed by atoms with E-state index in [2.05, 4.69) is 15.2 Å². The van der Waals surface area contributed by atoms with E-state index in [0.717, 1.165) is 17.0 Å². The van der Waals surface area contributed by atoms with E-state index in [1.165, 1.54) is 11.6 Å². The highest BCUT2D eigenvalue weighted by molar-refractivity contribution is 7.12. The Morgan fingerprint density at radius 3 is 2.87 bits per heavy atom. The number of Topliss-reactive ketones (excluding diaryl/α,β-unsaturated/α-hetero) is 1. The molecule has 0 saturated carbocycles. The number of carbonyl (C=O) groups is 1. The van der Waals surface area contributed by atoms with Gasteiger partial charge in [-0.1, -0.05) is 5.21 Å². The lowest BCUT2D eigenvalue weighted by molar-refractivity contribution is -0.135. The van der Waals surface area contributed by atoms with Crippen molar-refractivity contribution < 1.29 is 27.8 Å². The van der Waals surface area contributed by atoms with E-state index in [1.54, 1.807) is 6.20 Å². The molecule has 0 radical (unpaired) electrons. The van der Waals surface area contributed by atoms with E-state index < -0.39 is 23.3 Å². The molecule has 2 aromatic rings. The normalized spacial score (nSPS) is 24.5. The lowest BCUT2D eigenvalue weighted by Gasteiger charge is -2.47. The van der Waals surface area contributed by atoms with Crippen LogP contribution < -0.4 is 0 Å². The molecule has 2 atom stereocenters. The molecule has 2 aliphatic rings. The topological polar surface area (TPSA) is 80.5 Å². The fraction of sp³-hybridized carbons (Fsp3) is 0.650. The zero-order chi connectivity index (χ0) is 22.4. The van der Waals surface area contributed by atoms with E-state index in [0.29, 0.717) is 49.4 Å². The van der Waals surface area contributed by atoms with Gasteiger partial charge in [0.15, 0.2) is 5.78 Å². The minimum atomic E-state index is -4.49. The van der Waals surface area contributed by atoms with Crippen molar-refractivity contribution >= 4 is 17.1 Å². The molecule has 31 heavy (non-hydrogen) atoms. The van der Waals surface area contributed by atoms with Crippen molar-refractivity contribution in [2.24, 2.45) is 0 Å². The fourth-order valence-corrected chi connectivity index (χ4v) is 6.10. The highest BCUT2D eigenvalue weighted by atomic mass is 32.1. The van der Waals surface area contributed by atoms with Crippen LogP contribution in [0.15, 0.2) is 6.20 Å². The molecule has 4 heterocycles. The number of nitrogens with zero attached hydrogens (tertiary/aromatic N) is 4. The lowest BCUT2D eigenvalue weighted by atomic mass is 9.81. The standard InChI is InChI=1S/C20H25F3N4O3S/c1-12-7-19(4-5-26(12)9-14-10-27(25-24-14)8-13(2)29)17-15(3-6-30-19)16(11-28)18(31-17)20(21,22)23/h10,12,28H,3-9,11H2,1-2H3/t12-,19+/m0/s1. The first-order valence-corrected chi connectivity index (χ1v) is 11.0. The molecule has 0 aromatic carbocycles. The number of hydrogen-bond acceptors (Lipinski definition) is 7. The highest BCUT2D eigenvalue weighted by Gasteiger charge is 2.48. The summed E-state index contributed by atoms with van der Waals surface area (Å²) < 4.78 is 48.3. The molecule has 0 unspecified atom stereocenters. The number of carbonyl (C=O) groups excluding carboxylic acids is 1. The zero-order valence-electron chi connectivity index (χ0n) is 17.4. The number of fused-ring (bicyclic) bond motifs is 2. The molecule has 1 N–H and O–H groups in total. The van der Waals surface area contributed by atoms with Crippen molar-refractivity contribution in [3.8, 4) is 0 Å². The van der Waals surface area contributed by atoms with Gasteiger partial charge in [-0.15, -0.1) is 16.4 Å². The number of aliphatic hydroxyl groups is 1. The van der Waals surface area contributed by atoms with Crippen LogP contribution in [-0.4, -0.2) is 50.0 Å². The molecule has 2 aromatic heterocycles. The monoisotopic (exact) mass is 458 g/mol. The minimum absolute atomic E-state index is 0.00680. The summed E-state index contributed by atoms with van der Waals surface area (Å²) in [5.41, 5.74) is 0.604. The number of piperidine rings is 1. The average Bonchev–Trinajstić information content (AvgIpc) is 3.28. The van der Waals surface area contributed by atoms with Crippen molar-refractivity contribution in [3.63, 3.8) is 0 Å². The first kappa shape index (κ1) is 22.4. The highest BCUT2D eigenvalue weighted by Crippen LogP contribution is 2.51. The number of halogens is 3. The number of likely N-dealkylation sites (tertiary alicyclic amines) is 1. The molecule has 170 valence electrons. The maximum Gasteiger partial charge on any atom is 0.425 e. The fourth-order valence-electron chi connectivity index (χ4n) is 4.69. The van der Waals surface area contributed by atoms with Gasteiger partial charge in [-0.3, -0.25) is 9.69 Å². The number of hydrogen-bond donors (Lipinski definition) is 1. The van der Waals surface area contributed by atoms with Gasteiger partial charge in [0.2, 0.25) is 0 Å². The second kappa shape index (κ2) is 8.27. The van der Waals surface area contributed by atoms with Gasteiger partial charge in [-0.2, -0.15) is 13.2 Å². The third-order valence-corrected chi connectivity index (χ3v) is 7.57. The molecular formula is C20H25F3N4O3S. The zero-order valence-corrected chi connectivity index (χ0v) is 18.2. The number of ether oxygens (including phenoxy) is 1. The Balaban J connectivity index is 1.54. The molecular weight excluding hydrogens is 433 g/mol. The molecule has 7 nitrogen and oxygen atoms in total. The number of thiophene rings is 1. The molecule has 4 rings (SSSR count). The summed E-state index contributed by atoms with van der Waals surface area (Å²) in [7, 11) is 0. The Hall–Kier alpha value is -1.82. The van der Waals surface area contributed by atoms with Crippen molar-refractivity contribution in [2.45, 2.75) is 70.6 Å². The number of rotatable bonds is 5. The van der Waals surface area contributed by atoms with Crippen LogP contribution in [0.4, 0.5) is 13.2 Å². The van der Waals surface area contributed by atoms with E-state index in [4.69, 9.17) is 4.74 Å². The molecule has 0 aliphatic carbocycles. The second-order valence-corrected chi connectivity index (χ2v) is 9.37. The first-order valence-electron chi connectivity index (χ1n) is 10.2. The van der Waals surface area contributed by atoms with E-state index in [9.17, 15) is 23.1 Å². The summed E-state index contributed by atoms with van der Waals surface area (Å²) in [5, 5.41) is 17.7. The van der Waals surface area contributed by atoms with Crippen LogP contribution in [0.3, 0.4) is 0 Å². The molecule has 1 spiro atoms. The first-order chi connectivity index (χ1) is 14.6. The van der Waals surface area contributed by atoms with Crippen LogP contribution in [0, 0.1) is 0 Å². The summed E-state index contributed by atoms with van der Waals surface area (Å²) in [6.07, 6.45) is -1.23. The van der Waals surface area contributed by atoms with Crippen molar-refractivity contribution in [3.05, 3.63) is 32.8 Å². The van der Waals surface area contributed by atoms with E-state index in [1.807, 2.05) is 6.92 Å². The average molecular weight is 459 g/mol. The van der Waals surface area contributed by atoms with Crippen LogP contribution in [0.25, 0.3) is 0 Å². The van der Waals surface area contributed by atoms with Crippen LogP contribution in [0.2, 0.25) is 0 Å². The Morgan fingerprint density at radius 2 is 2.23 bits per heavy atom. The minimum Gasteiger partial charge on any atom is -0.392 e. The largest absolute Gasteiger partial charge is 0.425 e. The third-order valence-electron chi connectivity index (χ3n) is 6.06. The third kappa shape index (κ3) is 4.28. The molecule has 0 amide bonds. The Morgan fingerprint density at radius 1 is 1.45 bits per heavy atom. The number of aromatic nitrogens is 3. The Labute approximate surface area is 181 Å². The summed E-state index contributed by atoms with van der Waals surface area (Å²) >= 11 is 0.729. The van der Waals surface area contributed by atoms with Gasteiger partial charge in [0.05, 0.1) is 25.1 Å². The van der Waals surface area contributed by atoms with Crippen LogP contribution >= 0.6 is 11.3 Å². The van der Waals surface area contributed by atoms with Crippen LogP contribution in [0.5, 0.6) is 0 Å². The summed E-state index contributed by atoms with van der Waals surface area (Å²) in [5.74, 6) is -0.00796. The van der Waals surface area contributed by atoms with Gasteiger partial charge in [-0.05, 0) is 38.7 Å². The van der Waals surface area contributed by atoms with Crippen molar-refractivity contribution in [1.29, 1.82) is 0 Å². The van der Waals surface area contributed by atoms with Gasteiger partial charge in [0.25, 0.3) is 0 Å². The summed E-state index contributed by atoms with van der Waals surface area (Å²) in [6.45, 7) is 4.60. The van der Waals surface area contributed by atoms with Gasteiger partial charge < -0.3 is 9.84 Å². The Kier molecular flexibility index (Phi) is 5.97. The number of alkyl halides is 3. The lowest BCUT2D eigenvalue weighted by Crippen LogP contribution is -2.50. The SMILES string of the molecule is CC(=O)Cn1cc(CN2CC[C@]3(C[C@@H]2C)OCCc2c3sc(C(F)(F)F)c2CO)nn1.